The van der Waals surface area contributed by atoms with Crippen molar-refractivity contribution in [3.05, 3.63) is 29.6 Å². The Kier molecular flexibility index (Phi) is 4.40. The SMILES string of the molecule is Cc1cccc(CN2CC3(C2)CN(C)C(C(=O)N(C)C)CO3)n1. The van der Waals surface area contributed by atoms with E-state index in [1.807, 2.05) is 20.0 Å². The van der Waals surface area contributed by atoms with E-state index < -0.39 is 0 Å². The van der Waals surface area contributed by atoms with E-state index in [2.05, 4.69) is 26.9 Å². The van der Waals surface area contributed by atoms with E-state index in [9.17, 15) is 4.79 Å². The molecule has 126 valence electrons. The van der Waals surface area contributed by atoms with Crippen molar-refractivity contribution in [2.45, 2.75) is 25.1 Å². The van der Waals surface area contributed by atoms with Crippen molar-refractivity contribution in [2.75, 3.05) is 47.4 Å². The highest BCUT2D eigenvalue weighted by Gasteiger charge is 2.49. The number of hydrogen-bond acceptors (Lipinski definition) is 5. The number of amides is 1. The lowest BCUT2D eigenvalue weighted by Crippen LogP contribution is -2.72. The fourth-order valence-electron chi connectivity index (χ4n) is 3.54. The number of likely N-dealkylation sites (tertiary alicyclic amines) is 1. The lowest BCUT2D eigenvalue weighted by molar-refractivity contribution is -0.201. The van der Waals surface area contributed by atoms with Crippen LogP contribution in [0.1, 0.15) is 11.4 Å². The van der Waals surface area contributed by atoms with Gasteiger partial charge in [-0.15, -0.1) is 0 Å². The number of aromatic nitrogens is 1. The van der Waals surface area contributed by atoms with Crippen molar-refractivity contribution in [3.63, 3.8) is 0 Å². The Morgan fingerprint density at radius 2 is 2.13 bits per heavy atom. The Balaban J connectivity index is 1.54. The standard InChI is InChI=1S/C17H26N4O2/c1-13-6-5-7-14(18-13)8-21-11-17(12-21)10-20(4)15(9-23-17)16(22)19(2)3/h5-7,15H,8-12H2,1-4H3. The van der Waals surface area contributed by atoms with Crippen LogP contribution in [0.4, 0.5) is 0 Å². The molecule has 6 heteroatoms. The summed E-state index contributed by atoms with van der Waals surface area (Å²) >= 11 is 0. The summed E-state index contributed by atoms with van der Waals surface area (Å²) in [4.78, 5) is 22.8. The zero-order valence-corrected chi connectivity index (χ0v) is 14.5. The van der Waals surface area contributed by atoms with E-state index >= 15 is 0 Å². The number of pyridine rings is 1. The predicted molar refractivity (Wildman–Crippen MR) is 88.0 cm³/mol. The summed E-state index contributed by atoms with van der Waals surface area (Å²) in [6, 6.07) is 5.97. The van der Waals surface area contributed by atoms with Crippen molar-refractivity contribution < 1.29 is 9.53 Å². The minimum atomic E-state index is -0.164. The summed E-state index contributed by atoms with van der Waals surface area (Å²) in [5.74, 6) is 0.113. The molecule has 2 aliphatic rings. The minimum Gasteiger partial charge on any atom is -0.369 e. The van der Waals surface area contributed by atoms with Gasteiger partial charge in [0.25, 0.3) is 0 Å². The van der Waals surface area contributed by atoms with Crippen LogP contribution in [0.25, 0.3) is 0 Å². The fraction of sp³-hybridized carbons (Fsp3) is 0.647. The smallest absolute Gasteiger partial charge is 0.241 e. The molecule has 1 aromatic rings. The quantitative estimate of drug-likeness (QED) is 0.806. The average molecular weight is 318 g/mol. The first-order valence-corrected chi connectivity index (χ1v) is 8.09. The summed E-state index contributed by atoms with van der Waals surface area (Å²) in [6.07, 6.45) is 0. The monoisotopic (exact) mass is 318 g/mol. The summed E-state index contributed by atoms with van der Waals surface area (Å²) in [7, 11) is 5.60. The molecule has 3 heterocycles. The maximum atomic E-state index is 12.1. The van der Waals surface area contributed by atoms with Gasteiger partial charge in [0, 0.05) is 46.0 Å². The maximum Gasteiger partial charge on any atom is 0.241 e. The first-order valence-electron chi connectivity index (χ1n) is 8.09. The number of rotatable bonds is 3. The van der Waals surface area contributed by atoms with Crippen LogP contribution in [-0.2, 0) is 16.1 Å². The second kappa shape index (κ2) is 6.19. The van der Waals surface area contributed by atoms with Gasteiger partial charge < -0.3 is 9.64 Å². The van der Waals surface area contributed by atoms with Gasteiger partial charge in [-0.05, 0) is 26.1 Å². The third-order valence-electron chi connectivity index (χ3n) is 4.70. The normalized spacial score (nSPS) is 24.4. The Morgan fingerprint density at radius 3 is 2.74 bits per heavy atom. The molecule has 1 aromatic heterocycles. The maximum absolute atomic E-state index is 12.1. The number of ether oxygens (including phenoxy) is 1. The molecule has 0 aromatic carbocycles. The summed E-state index contributed by atoms with van der Waals surface area (Å²) < 4.78 is 6.10. The van der Waals surface area contributed by atoms with Gasteiger partial charge in [0.1, 0.15) is 11.6 Å². The zero-order valence-electron chi connectivity index (χ0n) is 14.5. The Hall–Kier alpha value is -1.50. The molecule has 2 aliphatic heterocycles. The predicted octanol–water partition coefficient (Wildman–Crippen LogP) is 0.363. The average Bonchev–Trinajstić information content (AvgIpc) is 2.45. The third kappa shape index (κ3) is 3.39. The van der Waals surface area contributed by atoms with E-state index in [-0.39, 0.29) is 17.6 Å². The van der Waals surface area contributed by atoms with Crippen LogP contribution in [0.2, 0.25) is 0 Å². The van der Waals surface area contributed by atoms with Crippen LogP contribution in [0.3, 0.4) is 0 Å². The van der Waals surface area contributed by atoms with Crippen molar-refractivity contribution in [3.8, 4) is 0 Å². The van der Waals surface area contributed by atoms with Crippen LogP contribution in [0.15, 0.2) is 18.2 Å². The molecular formula is C17H26N4O2. The molecule has 3 rings (SSSR count). The summed E-state index contributed by atoms with van der Waals surface area (Å²) in [5.41, 5.74) is 2.03. The number of hydrogen-bond donors (Lipinski definition) is 0. The number of morpholine rings is 1. The Labute approximate surface area is 138 Å². The van der Waals surface area contributed by atoms with Gasteiger partial charge in [0.05, 0.1) is 12.3 Å². The van der Waals surface area contributed by atoms with Gasteiger partial charge in [-0.1, -0.05) is 6.07 Å². The summed E-state index contributed by atoms with van der Waals surface area (Å²) in [6.45, 7) is 5.95. The van der Waals surface area contributed by atoms with Crippen LogP contribution in [0, 0.1) is 6.92 Å². The largest absolute Gasteiger partial charge is 0.369 e. The first-order chi connectivity index (χ1) is 10.9. The molecule has 2 fully saturated rings. The topological polar surface area (TPSA) is 48.9 Å². The number of aryl methyl sites for hydroxylation is 1. The second-order valence-corrected chi connectivity index (χ2v) is 7.07. The third-order valence-corrected chi connectivity index (χ3v) is 4.70. The number of likely N-dealkylation sites (N-methyl/N-ethyl adjacent to an activating group) is 2. The fourth-order valence-corrected chi connectivity index (χ4v) is 3.54. The number of carbonyl (C=O) groups is 1. The van der Waals surface area contributed by atoms with E-state index in [0.717, 1.165) is 37.6 Å². The molecule has 6 nitrogen and oxygen atoms in total. The van der Waals surface area contributed by atoms with Crippen molar-refractivity contribution in [1.29, 1.82) is 0 Å². The highest BCUT2D eigenvalue weighted by molar-refractivity contribution is 5.81. The molecule has 0 radical (unpaired) electrons. The van der Waals surface area contributed by atoms with E-state index in [4.69, 9.17) is 4.74 Å². The molecule has 0 aliphatic carbocycles. The molecule has 1 amide bonds. The van der Waals surface area contributed by atoms with Gasteiger partial charge in [0.2, 0.25) is 5.91 Å². The lowest BCUT2D eigenvalue weighted by atomic mass is 9.90. The molecule has 2 saturated heterocycles. The van der Waals surface area contributed by atoms with Gasteiger partial charge in [0.15, 0.2) is 0 Å². The Bertz CT molecular complexity index is 584. The van der Waals surface area contributed by atoms with Gasteiger partial charge in [-0.3, -0.25) is 19.6 Å². The molecule has 0 bridgehead atoms. The molecule has 23 heavy (non-hydrogen) atoms. The molecule has 1 spiro atoms. The molecule has 1 atom stereocenters. The highest BCUT2D eigenvalue weighted by Crippen LogP contribution is 2.31. The van der Waals surface area contributed by atoms with Crippen molar-refractivity contribution in [1.82, 2.24) is 19.7 Å². The van der Waals surface area contributed by atoms with Gasteiger partial charge in [-0.25, -0.2) is 0 Å². The van der Waals surface area contributed by atoms with E-state index in [1.54, 1.807) is 19.0 Å². The minimum absolute atomic E-state index is 0.113. The first kappa shape index (κ1) is 16.4. The van der Waals surface area contributed by atoms with Crippen LogP contribution < -0.4 is 0 Å². The zero-order chi connectivity index (χ0) is 16.6. The van der Waals surface area contributed by atoms with E-state index in [1.165, 1.54) is 0 Å². The van der Waals surface area contributed by atoms with Crippen LogP contribution >= 0.6 is 0 Å². The van der Waals surface area contributed by atoms with Crippen molar-refractivity contribution >= 4 is 5.91 Å². The van der Waals surface area contributed by atoms with Crippen LogP contribution in [0.5, 0.6) is 0 Å². The van der Waals surface area contributed by atoms with Gasteiger partial charge >= 0.3 is 0 Å². The number of nitrogens with zero attached hydrogens (tertiary/aromatic N) is 4. The number of carbonyl (C=O) groups excluding carboxylic acids is 1. The Morgan fingerprint density at radius 1 is 1.39 bits per heavy atom. The van der Waals surface area contributed by atoms with E-state index in [0.29, 0.717) is 6.61 Å². The molecule has 0 saturated carbocycles. The van der Waals surface area contributed by atoms with Gasteiger partial charge in [-0.2, -0.15) is 0 Å². The molecular weight excluding hydrogens is 292 g/mol. The second-order valence-electron chi connectivity index (χ2n) is 7.07. The molecule has 0 N–H and O–H groups in total. The highest BCUT2D eigenvalue weighted by atomic mass is 16.5. The van der Waals surface area contributed by atoms with Crippen LogP contribution in [-0.4, -0.2) is 84.6 Å². The molecule has 1 unspecified atom stereocenters. The lowest BCUT2D eigenvalue weighted by Gasteiger charge is -2.55. The summed E-state index contributed by atoms with van der Waals surface area (Å²) in [5, 5.41) is 0. The van der Waals surface area contributed by atoms with Crippen molar-refractivity contribution in [2.24, 2.45) is 0 Å².